The third-order valence-electron chi connectivity index (χ3n) is 2.51. The molecule has 15 heavy (non-hydrogen) atoms. The number of hydrogen-bond donors (Lipinski definition) is 1. The maximum atomic E-state index is 9.08. The van der Waals surface area contributed by atoms with E-state index >= 15 is 0 Å². The molecular formula is C12H16O3. The third-order valence-corrected chi connectivity index (χ3v) is 2.51. The second-order valence-electron chi connectivity index (χ2n) is 3.81. The van der Waals surface area contributed by atoms with Crippen LogP contribution in [0.2, 0.25) is 0 Å². The molecule has 1 aromatic carbocycles. The molecule has 0 aliphatic carbocycles. The average Bonchev–Trinajstić information content (AvgIpc) is 2.97. The van der Waals surface area contributed by atoms with Gasteiger partial charge in [0.25, 0.3) is 0 Å². The van der Waals surface area contributed by atoms with Gasteiger partial charge in [-0.2, -0.15) is 0 Å². The lowest BCUT2D eigenvalue weighted by molar-refractivity contribution is 0.259. The number of aromatic hydroxyl groups is 1. The van der Waals surface area contributed by atoms with Gasteiger partial charge in [-0.05, 0) is 30.7 Å². The lowest BCUT2D eigenvalue weighted by Crippen LogP contribution is -2.07. The highest BCUT2D eigenvalue weighted by Crippen LogP contribution is 2.27. The monoisotopic (exact) mass is 208 g/mol. The number of rotatable bonds is 5. The summed E-state index contributed by atoms with van der Waals surface area (Å²) in [4.78, 5) is 0. The number of ether oxygens (including phenoxy) is 2. The van der Waals surface area contributed by atoms with Gasteiger partial charge in [0.05, 0.1) is 6.10 Å². The van der Waals surface area contributed by atoms with Crippen LogP contribution < -0.4 is 4.74 Å². The van der Waals surface area contributed by atoms with Gasteiger partial charge in [-0.3, -0.25) is 0 Å². The summed E-state index contributed by atoms with van der Waals surface area (Å²) < 4.78 is 11.0. The summed E-state index contributed by atoms with van der Waals surface area (Å²) in [6.07, 6.45) is 2.93. The van der Waals surface area contributed by atoms with Gasteiger partial charge < -0.3 is 14.6 Å². The predicted octanol–water partition coefficient (Wildman–Crippen LogP) is 2.34. The van der Waals surface area contributed by atoms with E-state index in [4.69, 9.17) is 14.6 Å². The first-order chi connectivity index (χ1) is 7.29. The average molecular weight is 208 g/mol. The first kappa shape index (κ1) is 10.3. The zero-order valence-electron chi connectivity index (χ0n) is 8.85. The number of phenols is 1. The summed E-state index contributed by atoms with van der Waals surface area (Å²) in [5.74, 6) is 1.03. The fourth-order valence-electron chi connectivity index (χ4n) is 1.58. The Morgan fingerprint density at radius 3 is 2.67 bits per heavy atom. The Hall–Kier alpha value is -1.22. The SMILES string of the molecule is CCC[C@H]1O[C@@H]1COc1ccc(O)cc1. The van der Waals surface area contributed by atoms with Gasteiger partial charge in [-0.25, -0.2) is 0 Å². The summed E-state index contributed by atoms with van der Waals surface area (Å²) in [5.41, 5.74) is 0. The topological polar surface area (TPSA) is 42.0 Å². The van der Waals surface area contributed by atoms with Crippen LogP contribution in [0.15, 0.2) is 24.3 Å². The van der Waals surface area contributed by atoms with E-state index in [0.29, 0.717) is 12.7 Å². The summed E-state index contributed by atoms with van der Waals surface area (Å²) in [5, 5.41) is 9.08. The van der Waals surface area contributed by atoms with Crippen LogP contribution >= 0.6 is 0 Å². The molecule has 1 saturated heterocycles. The van der Waals surface area contributed by atoms with Crippen LogP contribution in [-0.2, 0) is 4.74 Å². The molecule has 1 heterocycles. The van der Waals surface area contributed by atoms with Crippen LogP contribution in [0.25, 0.3) is 0 Å². The molecule has 3 nitrogen and oxygen atoms in total. The largest absolute Gasteiger partial charge is 0.508 e. The fraction of sp³-hybridized carbons (Fsp3) is 0.500. The molecule has 2 atom stereocenters. The van der Waals surface area contributed by atoms with Gasteiger partial charge in [0, 0.05) is 0 Å². The molecule has 0 aromatic heterocycles. The molecule has 82 valence electrons. The molecule has 3 heteroatoms. The first-order valence-electron chi connectivity index (χ1n) is 5.37. The highest BCUT2D eigenvalue weighted by atomic mass is 16.6. The van der Waals surface area contributed by atoms with E-state index in [1.165, 1.54) is 0 Å². The second kappa shape index (κ2) is 4.53. The van der Waals surface area contributed by atoms with Gasteiger partial charge in [0.1, 0.15) is 24.2 Å². The summed E-state index contributed by atoms with van der Waals surface area (Å²) in [6, 6.07) is 6.75. The minimum absolute atomic E-state index is 0.258. The molecule has 0 amide bonds. The van der Waals surface area contributed by atoms with Crippen molar-refractivity contribution < 1.29 is 14.6 Å². The lowest BCUT2D eigenvalue weighted by atomic mass is 10.2. The number of epoxide rings is 1. The van der Waals surface area contributed by atoms with E-state index in [1.54, 1.807) is 24.3 Å². The van der Waals surface area contributed by atoms with Crippen LogP contribution in [0.5, 0.6) is 11.5 Å². The molecule has 2 rings (SSSR count). The summed E-state index contributed by atoms with van der Waals surface area (Å²) in [7, 11) is 0. The van der Waals surface area contributed by atoms with Crippen LogP contribution in [0, 0.1) is 0 Å². The van der Waals surface area contributed by atoms with Gasteiger partial charge in [-0.1, -0.05) is 13.3 Å². The summed E-state index contributed by atoms with van der Waals surface area (Å²) >= 11 is 0. The van der Waals surface area contributed by atoms with Crippen LogP contribution in [0.4, 0.5) is 0 Å². The molecule has 0 spiro atoms. The molecule has 0 saturated carbocycles. The van der Waals surface area contributed by atoms with Crippen molar-refractivity contribution in [3.63, 3.8) is 0 Å². The van der Waals surface area contributed by atoms with E-state index in [2.05, 4.69) is 6.92 Å². The Bertz CT molecular complexity index is 307. The Morgan fingerprint density at radius 1 is 1.27 bits per heavy atom. The van der Waals surface area contributed by atoms with E-state index in [1.807, 2.05) is 0 Å². The maximum absolute atomic E-state index is 9.08. The molecule has 0 radical (unpaired) electrons. The molecule has 0 bridgehead atoms. The van der Waals surface area contributed by atoms with E-state index in [9.17, 15) is 0 Å². The molecule has 1 aromatic rings. The molecule has 1 N–H and O–H groups in total. The van der Waals surface area contributed by atoms with Crippen molar-refractivity contribution in [1.82, 2.24) is 0 Å². The molecule has 1 fully saturated rings. The smallest absolute Gasteiger partial charge is 0.119 e. The fourth-order valence-corrected chi connectivity index (χ4v) is 1.58. The Labute approximate surface area is 89.6 Å². The van der Waals surface area contributed by atoms with Gasteiger partial charge in [-0.15, -0.1) is 0 Å². The number of hydrogen-bond acceptors (Lipinski definition) is 3. The second-order valence-corrected chi connectivity index (χ2v) is 3.81. The van der Waals surface area contributed by atoms with Crippen LogP contribution in [-0.4, -0.2) is 23.9 Å². The van der Waals surface area contributed by atoms with E-state index in [0.717, 1.165) is 18.6 Å². The minimum atomic E-state index is 0.258. The first-order valence-corrected chi connectivity index (χ1v) is 5.37. The predicted molar refractivity (Wildman–Crippen MR) is 57.2 cm³/mol. The van der Waals surface area contributed by atoms with Crippen molar-refractivity contribution in [3.05, 3.63) is 24.3 Å². The quantitative estimate of drug-likeness (QED) is 0.755. The number of benzene rings is 1. The highest BCUT2D eigenvalue weighted by molar-refractivity contribution is 5.30. The van der Waals surface area contributed by atoms with Crippen molar-refractivity contribution in [2.45, 2.75) is 32.0 Å². The van der Waals surface area contributed by atoms with Gasteiger partial charge >= 0.3 is 0 Å². The Kier molecular flexibility index (Phi) is 3.11. The number of phenolic OH excluding ortho intramolecular Hbond substituents is 1. The Morgan fingerprint density at radius 2 is 2.00 bits per heavy atom. The van der Waals surface area contributed by atoms with Crippen LogP contribution in [0.3, 0.4) is 0 Å². The minimum Gasteiger partial charge on any atom is -0.508 e. The molecule has 1 aliphatic heterocycles. The zero-order chi connectivity index (χ0) is 10.7. The van der Waals surface area contributed by atoms with Crippen LogP contribution in [0.1, 0.15) is 19.8 Å². The standard InChI is InChI=1S/C12H16O3/c1-2-3-11-12(15-11)8-14-10-6-4-9(13)5-7-10/h4-7,11-13H,2-3,8H2,1H3/t11-,12-/m1/s1. The van der Waals surface area contributed by atoms with Crippen molar-refractivity contribution in [2.75, 3.05) is 6.61 Å². The summed E-state index contributed by atoms with van der Waals surface area (Å²) in [6.45, 7) is 2.76. The Balaban J connectivity index is 1.73. The van der Waals surface area contributed by atoms with Crippen molar-refractivity contribution >= 4 is 0 Å². The maximum Gasteiger partial charge on any atom is 0.119 e. The molecular weight excluding hydrogens is 192 g/mol. The van der Waals surface area contributed by atoms with Crippen molar-refractivity contribution in [1.29, 1.82) is 0 Å². The highest BCUT2D eigenvalue weighted by Gasteiger charge is 2.38. The molecule has 1 aliphatic rings. The van der Waals surface area contributed by atoms with Crippen molar-refractivity contribution in [3.8, 4) is 11.5 Å². The van der Waals surface area contributed by atoms with E-state index in [-0.39, 0.29) is 11.9 Å². The molecule has 0 unspecified atom stereocenters. The van der Waals surface area contributed by atoms with E-state index < -0.39 is 0 Å². The van der Waals surface area contributed by atoms with Crippen molar-refractivity contribution in [2.24, 2.45) is 0 Å². The van der Waals surface area contributed by atoms with Gasteiger partial charge in [0.15, 0.2) is 0 Å². The third kappa shape index (κ3) is 2.86. The zero-order valence-corrected chi connectivity index (χ0v) is 8.85. The normalized spacial score (nSPS) is 23.8. The lowest BCUT2D eigenvalue weighted by Gasteiger charge is -2.03. The van der Waals surface area contributed by atoms with Gasteiger partial charge in [0.2, 0.25) is 0 Å².